The highest BCUT2D eigenvalue weighted by atomic mass is 32.2. The fourth-order valence-electron chi connectivity index (χ4n) is 4.32. The zero-order valence-corrected chi connectivity index (χ0v) is 22.0. The Labute approximate surface area is 219 Å². The fourth-order valence-corrected chi connectivity index (χ4v) is 4.89. The summed E-state index contributed by atoms with van der Waals surface area (Å²) in [6.07, 6.45) is 3.11. The number of anilines is 2. The van der Waals surface area contributed by atoms with Crippen molar-refractivity contribution in [2.75, 3.05) is 29.4 Å². The molecule has 37 heavy (non-hydrogen) atoms. The van der Waals surface area contributed by atoms with Crippen molar-refractivity contribution in [1.29, 1.82) is 0 Å². The van der Waals surface area contributed by atoms with E-state index in [0.717, 1.165) is 50.2 Å². The maximum absolute atomic E-state index is 12.5. The molecule has 1 atom stereocenters. The minimum atomic E-state index is -3.30. The zero-order chi connectivity index (χ0) is 26.3. The smallest absolute Gasteiger partial charge is 0.241 e. The molecule has 0 radical (unpaired) electrons. The number of ether oxygens (including phenoxy) is 1. The molecule has 3 aromatic rings. The van der Waals surface area contributed by atoms with Gasteiger partial charge in [-0.15, -0.1) is 0 Å². The Morgan fingerprint density at radius 1 is 0.919 bits per heavy atom. The Morgan fingerprint density at radius 3 is 2.11 bits per heavy atom. The Morgan fingerprint density at radius 2 is 1.51 bits per heavy atom. The highest BCUT2D eigenvalue weighted by Gasteiger charge is 2.23. The summed E-state index contributed by atoms with van der Waals surface area (Å²) in [4.78, 5) is 14.9. The summed E-state index contributed by atoms with van der Waals surface area (Å²) >= 11 is 0. The topological polar surface area (TPSA) is 99.8 Å². The van der Waals surface area contributed by atoms with Gasteiger partial charge >= 0.3 is 0 Å². The van der Waals surface area contributed by atoms with Crippen molar-refractivity contribution >= 4 is 27.3 Å². The maximum atomic E-state index is 12.5. The number of hydrogen-bond donors (Lipinski definition) is 3. The number of carbonyl (C=O) groups excluding carboxylic acids is 1. The highest BCUT2D eigenvalue weighted by Crippen LogP contribution is 2.24. The number of hydrogen-bond acceptors (Lipinski definition) is 6. The summed E-state index contributed by atoms with van der Waals surface area (Å²) in [5.74, 6) is 1.34. The summed E-state index contributed by atoms with van der Waals surface area (Å²) in [5.41, 5.74) is 2.52. The molecule has 8 nitrogen and oxygen atoms in total. The molecular formula is C28H34N4O4S. The first-order valence-electron chi connectivity index (χ1n) is 12.4. The number of benzene rings is 3. The maximum Gasteiger partial charge on any atom is 0.241 e. The van der Waals surface area contributed by atoms with E-state index in [0.29, 0.717) is 17.5 Å². The van der Waals surface area contributed by atoms with Gasteiger partial charge in [-0.3, -0.25) is 14.4 Å². The van der Waals surface area contributed by atoms with E-state index in [-0.39, 0.29) is 11.9 Å². The van der Waals surface area contributed by atoms with E-state index in [4.69, 9.17) is 4.74 Å². The summed E-state index contributed by atoms with van der Waals surface area (Å²) in [6, 6.07) is 24.4. The molecule has 1 aliphatic heterocycles. The molecule has 4 rings (SSSR count). The number of sulfonamides is 1. The van der Waals surface area contributed by atoms with Crippen LogP contribution in [0, 0.1) is 0 Å². The third-order valence-electron chi connectivity index (χ3n) is 6.23. The monoisotopic (exact) mass is 522 g/mol. The number of nitrogens with one attached hydrogen (secondary N) is 3. The average molecular weight is 523 g/mol. The van der Waals surface area contributed by atoms with Crippen molar-refractivity contribution in [2.45, 2.75) is 38.4 Å². The van der Waals surface area contributed by atoms with Crippen LogP contribution in [0.15, 0.2) is 78.9 Å². The third-order valence-corrected chi connectivity index (χ3v) is 6.84. The molecule has 3 N–H and O–H groups in total. The van der Waals surface area contributed by atoms with Gasteiger partial charge in [0, 0.05) is 24.0 Å². The Bertz CT molecular complexity index is 1260. The van der Waals surface area contributed by atoms with Gasteiger partial charge in [0.2, 0.25) is 15.9 Å². The first kappa shape index (κ1) is 26.7. The van der Waals surface area contributed by atoms with Crippen LogP contribution in [0.25, 0.3) is 0 Å². The van der Waals surface area contributed by atoms with Crippen molar-refractivity contribution in [2.24, 2.45) is 0 Å². The standard InChI is InChI=1S/C28H34N4O4S/c1-21(28(33)30-23-6-4-3-5-7-23)29-24-16-18-32(19-17-24)20-22-8-12-26(13-9-22)36-27-14-10-25(11-15-27)31-37(2,34)35/h3-15,21,24,29,31H,16-20H2,1-2H3,(H,30,33). The number of likely N-dealkylation sites (tertiary alicyclic amines) is 1. The predicted octanol–water partition coefficient (Wildman–Crippen LogP) is 4.43. The molecule has 9 heteroatoms. The predicted molar refractivity (Wildman–Crippen MR) is 147 cm³/mol. The molecule has 196 valence electrons. The summed E-state index contributed by atoms with van der Waals surface area (Å²) in [6.45, 7) is 4.71. The van der Waals surface area contributed by atoms with Crippen LogP contribution in [0.4, 0.5) is 11.4 Å². The number of carbonyl (C=O) groups is 1. The SMILES string of the molecule is CC(NC1CCN(Cc2ccc(Oc3ccc(NS(C)(=O)=O)cc3)cc2)CC1)C(=O)Nc1ccccc1. The molecule has 1 amide bonds. The summed E-state index contributed by atoms with van der Waals surface area (Å²) in [7, 11) is -3.30. The number of nitrogens with zero attached hydrogens (tertiary/aromatic N) is 1. The Hall–Kier alpha value is -3.40. The zero-order valence-electron chi connectivity index (χ0n) is 21.2. The molecule has 3 aromatic carbocycles. The minimum absolute atomic E-state index is 0.0162. The van der Waals surface area contributed by atoms with Crippen LogP contribution in [0.5, 0.6) is 11.5 Å². The second-order valence-electron chi connectivity index (χ2n) is 9.44. The van der Waals surface area contributed by atoms with Crippen LogP contribution in [-0.2, 0) is 21.4 Å². The van der Waals surface area contributed by atoms with Crippen LogP contribution in [0.2, 0.25) is 0 Å². The molecule has 0 aliphatic carbocycles. The lowest BCUT2D eigenvalue weighted by Gasteiger charge is -2.33. The van der Waals surface area contributed by atoms with Gasteiger partial charge in [0.25, 0.3) is 0 Å². The normalized spacial score (nSPS) is 15.6. The Balaban J connectivity index is 1.19. The summed E-state index contributed by atoms with van der Waals surface area (Å²) < 4.78 is 31.0. The Kier molecular flexibility index (Phi) is 8.81. The molecule has 0 bridgehead atoms. The summed E-state index contributed by atoms with van der Waals surface area (Å²) in [5, 5.41) is 6.44. The molecule has 1 aliphatic rings. The van der Waals surface area contributed by atoms with Crippen molar-refractivity contribution in [3.8, 4) is 11.5 Å². The molecule has 0 saturated carbocycles. The van der Waals surface area contributed by atoms with E-state index >= 15 is 0 Å². The number of amides is 1. The van der Waals surface area contributed by atoms with Crippen molar-refractivity contribution in [3.05, 3.63) is 84.4 Å². The highest BCUT2D eigenvalue weighted by molar-refractivity contribution is 7.92. The number of piperidine rings is 1. The quantitative estimate of drug-likeness (QED) is 0.364. The number of rotatable bonds is 10. The lowest BCUT2D eigenvalue weighted by atomic mass is 10.0. The van der Waals surface area contributed by atoms with Crippen LogP contribution < -0.4 is 20.1 Å². The molecular weight excluding hydrogens is 488 g/mol. The fraction of sp³-hybridized carbons (Fsp3) is 0.321. The van der Waals surface area contributed by atoms with Crippen LogP contribution in [-0.4, -0.2) is 50.7 Å². The molecule has 0 spiro atoms. The average Bonchev–Trinajstić information content (AvgIpc) is 2.87. The lowest BCUT2D eigenvalue weighted by molar-refractivity contribution is -0.118. The third kappa shape index (κ3) is 8.59. The second-order valence-corrected chi connectivity index (χ2v) is 11.2. The van der Waals surface area contributed by atoms with Gasteiger partial charge in [0.15, 0.2) is 0 Å². The van der Waals surface area contributed by atoms with Gasteiger partial charge in [-0.05, 0) is 86.9 Å². The van der Waals surface area contributed by atoms with E-state index in [1.54, 1.807) is 24.3 Å². The van der Waals surface area contributed by atoms with E-state index in [1.165, 1.54) is 5.56 Å². The van der Waals surface area contributed by atoms with Crippen molar-refractivity contribution < 1.29 is 17.9 Å². The lowest BCUT2D eigenvalue weighted by Crippen LogP contribution is -2.48. The molecule has 1 saturated heterocycles. The molecule has 1 fully saturated rings. The van der Waals surface area contributed by atoms with E-state index < -0.39 is 10.0 Å². The van der Waals surface area contributed by atoms with Crippen LogP contribution in [0.1, 0.15) is 25.3 Å². The molecule has 1 heterocycles. The first-order valence-corrected chi connectivity index (χ1v) is 14.3. The minimum Gasteiger partial charge on any atom is -0.457 e. The van der Waals surface area contributed by atoms with E-state index in [2.05, 4.69) is 32.4 Å². The number of para-hydroxylation sites is 1. The van der Waals surface area contributed by atoms with E-state index in [1.807, 2.05) is 49.4 Å². The van der Waals surface area contributed by atoms with Crippen LogP contribution in [0.3, 0.4) is 0 Å². The first-order chi connectivity index (χ1) is 17.7. The van der Waals surface area contributed by atoms with Gasteiger partial charge in [0.05, 0.1) is 12.3 Å². The molecule has 1 unspecified atom stereocenters. The van der Waals surface area contributed by atoms with Gasteiger partial charge in [0.1, 0.15) is 11.5 Å². The van der Waals surface area contributed by atoms with Crippen molar-refractivity contribution in [1.82, 2.24) is 10.2 Å². The van der Waals surface area contributed by atoms with Gasteiger partial charge in [-0.25, -0.2) is 8.42 Å². The van der Waals surface area contributed by atoms with Gasteiger partial charge in [-0.1, -0.05) is 30.3 Å². The second kappa shape index (κ2) is 12.2. The van der Waals surface area contributed by atoms with Crippen molar-refractivity contribution in [3.63, 3.8) is 0 Å². The van der Waals surface area contributed by atoms with Crippen LogP contribution >= 0.6 is 0 Å². The van der Waals surface area contributed by atoms with Gasteiger partial charge < -0.3 is 15.4 Å². The largest absolute Gasteiger partial charge is 0.457 e. The molecule has 0 aromatic heterocycles. The van der Waals surface area contributed by atoms with E-state index in [9.17, 15) is 13.2 Å². The van der Waals surface area contributed by atoms with Gasteiger partial charge in [-0.2, -0.15) is 0 Å².